The zero-order valence-corrected chi connectivity index (χ0v) is 10.0. The summed E-state index contributed by atoms with van der Waals surface area (Å²) in [6, 6.07) is 8.14. The molecule has 68 valence electrons. The Kier molecular flexibility index (Phi) is 2.78. The van der Waals surface area contributed by atoms with Crippen LogP contribution in [0, 0.1) is 0 Å². The minimum atomic E-state index is 0.278. The maximum absolute atomic E-state index is 4.43. The zero-order chi connectivity index (χ0) is 9.26. The summed E-state index contributed by atoms with van der Waals surface area (Å²) in [5.74, 6) is 0. The van der Waals surface area contributed by atoms with Gasteiger partial charge in [0.2, 0.25) is 0 Å². The molecule has 0 spiro atoms. The van der Waals surface area contributed by atoms with Gasteiger partial charge in [-0.1, -0.05) is 23.5 Å². The van der Waals surface area contributed by atoms with Gasteiger partial charge in [0.15, 0.2) is 5.13 Å². The number of nitrogens with zero attached hydrogens (tertiary/aromatic N) is 1. The van der Waals surface area contributed by atoms with Gasteiger partial charge in [-0.15, -0.1) is 18.5 Å². The van der Waals surface area contributed by atoms with Gasteiger partial charge in [0.05, 0.1) is 15.7 Å². The molecule has 0 bridgehead atoms. The zero-order valence-electron chi connectivity index (χ0n) is 6.90. The number of thiazole rings is 1. The standard InChI is InChI=1S/C8H10N2P2S/c11-8(12)10-7-9-5-3-1-2-4-6(5)13-7/h1-4,8H,11-12H2,(H,9,10). The predicted molar refractivity (Wildman–Crippen MR) is 66.5 cm³/mol. The summed E-state index contributed by atoms with van der Waals surface area (Å²) in [5.41, 5.74) is 1.34. The number of para-hydroxylation sites is 1. The van der Waals surface area contributed by atoms with Crippen molar-refractivity contribution in [2.45, 2.75) is 5.52 Å². The SMILES string of the molecule is PC(P)Nc1nc2ccccc2s1. The van der Waals surface area contributed by atoms with Gasteiger partial charge in [-0.25, -0.2) is 4.98 Å². The van der Waals surface area contributed by atoms with Crippen LogP contribution in [0.5, 0.6) is 0 Å². The van der Waals surface area contributed by atoms with E-state index in [-0.39, 0.29) is 5.52 Å². The Bertz CT molecular complexity index is 380. The monoisotopic (exact) mass is 228 g/mol. The van der Waals surface area contributed by atoms with Crippen LogP contribution in [0.1, 0.15) is 0 Å². The van der Waals surface area contributed by atoms with Crippen molar-refractivity contribution in [3.05, 3.63) is 24.3 Å². The maximum atomic E-state index is 4.43. The number of nitrogens with one attached hydrogen (secondary N) is 1. The molecular formula is C8H10N2P2S. The van der Waals surface area contributed by atoms with Gasteiger partial charge in [0, 0.05) is 0 Å². The fraction of sp³-hybridized carbons (Fsp3) is 0.125. The molecule has 1 heterocycles. The molecule has 5 heteroatoms. The van der Waals surface area contributed by atoms with Crippen LogP contribution in [0.2, 0.25) is 0 Å². The fourth-order valence-electron chi connectivity index (χ4n) is 1.08. The molecule has 1 aromatic carbocycles. The first-order valence-electron chi connectivity index (χ1n) is 3.89. The highest BCUT2D eigenvalue weighted by atomic mass is 32.1. The molecule has 0 aliphatic heterocycles. The number of anilines is 1. The van der Waals surface area contributed by atoms with Crippen molar-refractivity contribution in [2.24, 2.45) is 0 Å². The van der Waals surface area contributed by atoms with E-state index in [0.29, 0.717) is 0 Å². The molecular weight excluding hydrogens is 218 g/mol. The lowest BCUT2D eigenvalue weighted by Gasteiger charge is -2.03. The third-order valence-corrected chi connectivity index (χ3v) is 2.88. The first-order chi connectivity index (χ1) is 6.25. The first kappa shape index (κ1) is 9.33. The van der Waals surface area contributed by atoms with Crippen molar-refractivity contribution in [1.82, 2.24) is 4.98 Å². The highest BCUT2D eigenvalue weighted by Gasteiger charge is 2.02. The summed E-state index contributed by atoms with van der Waals surface area (Å²) in [5, 5.41) is 4.20. The van der Waals surface area contributed by atoms with Crippen molar-refractivity contribution >= 4 is 45.2 Å². The van der Waals surface area contributed by atoms with Crippen LogP contribution >= 0.6 is 29.8 Å². The highest BCUT2D eigenvalue weighted by molar-refractivity contribution is 7.38. The second-order valence-corrected chi connectivity index (χ2v) is 5.89. The van der Waals surface area contributed by atoms with E-state index in [1.165, 1.54) is 4.70 Å². The summed E-state index contributed by atoms with van der Waals surface area (Å²) in [7, 11) is 5.32. The van der Waals surface area contributed by atoms with E-state index >= 15 is 0 Å². The second-order valence-electron chi connectivity index (χ2n) is 2.66. The van der Waals surface area contributed by atoms with Gasteiger partial charge in [-0.3, -0.25) is 0 Å². The second kappa shape index (κ2) is 3.88. The summed E-state index contributed by atoms with van der Waals surface area (Å²) in [4.78, 5) is 4.43. The van der Waals surface area contributed by atoms with Crippen LogP contribution in [0.15, 0.2) is 24.3 Å². The number of hydrogen-bond donors (Lipinski definition) is 1. The van der Waals surface area contributed by atoms with E-state index in [9.17, 15) is 0 Å². The minimum Gasteiger partial charge on any atom is -0.352 e. The van der Waals surface area contributed by atoms with E-state index in [1.54, 1.807) is 11.3 Å². The highest BCUT2D eigenvalue weighted by Crippen LogP contribution is 2.27. The van der Waals surface area contributed by atoms with Gasteiger partial charge < -0.3 is 5.32 Å². The summed E-state index contributed by atoms with van der Waals surface area (Å²) in [6.07, 6.45) is 0. The van der Waals surface area contributed by atoms with Crippen LogP contribution in [0.25, 0.3) is 10.2 Å². The van der Waals surface area contributed by atoms with Crippen molar-refractivity contribution < 1.29 is 0 Å². The number of hydrogen-bond acceptors (Lipinski definition) is 3. The normalized spacial score (nSPS) is 11.0. The van der Waals surface area contributed by atoms with Crippen molar-refractivity contribution in [3.63, 3.8) is 0 Å². The van der Waals surface area contributed by atoms with E-state index in [2.05, 4.69) is 34.8 Å². The van der Waals surface area contributed by atoms with Crippen LogP contribution < -0.4 is 5.32 Å². The summed E-state index contributed by atoms with van der Waals surface area (Å²) in [6.45, 7) is 0. The quantitative estimate of drug-likeness (QED) is 0.799. The Hall–Kier alpha value is -0.230. The first-order valence-corrected chi connectivity index (χ1v) is 6.04. The molecule has 0 aliphatic rings. The molecule has 1 N–H and O–H groups in total. The Morgan fingerprint density at radius 3 is 2.77 bits per heavy atom. The molecule has 0 amide bonds. The van der Waals surface area contributed by atoms with E-state index in [0.717, 1.165) is 10.6 Å². The predicted octanol–water partition coefficient (Wildman–Crippen LogP) is 2.74. The average Bonchev–Trinajstić information content (AvgIpc) is 2.44. The van der Waals surface area contributed by atoms with Gasteiger partial charge in [0.1, 0.15) is 0 Å². The van der Waals surface area contributed by atoms with E-state index < -0.39 is 0 Å². The molecule has 2 nitrogen and oxygen atoms in total. The molecule has 0 radical (unpaired) electrons. The maximum Gasteiger partial charge on any atom is 0.184 e. The van der Waals surface area contributed by atoms with Crippen LogP contribution in [-0.4, -0.2) is 10.5 Å². The smallest absolute Gasteiger partial charge is 0.184 e. The van der Waals surface area contributed by atoms with Gasteiger partial charge in [-0.05, 0) is 12.1 Å². The lowest BCUT2D eigenvalue weighted by atomic mass is 10.3. The molecule has 1 aromatic heterocycles. The fourth-order valence-corrected chi connectivity index (χ4v) is 2.55. The van der Waals surface area contributed by atoms with E-state index in [1.807, 2.05) is 18.2 Å². The molecule has 2 atom stereocenters. The lowest BCUT2D eigenvalue weighted by Crippen LogP contribution is -2.01. The molecule has 0 saturated carbocycles. The molecule has 13 heavy (non-hydrogen) atoms. The van der Waals surface area contributed by atoms with Crippen molar-refractivity contribution in [1.29, 1.82) is 0 Å². The molecule has 2 aromatic rings. The van der Waals surface area contributed by atoms with Crippen LogP contribution in [0.4, 0.5) is 5.13 Å². The molecule has 0 aliphatic carbocycles. The molecule has 2 unspecified atom stereocenters. The van der Waals surface area contributed by atoms with Crippen molar-refractivity contribution in [3.8, 4) is 0 Å². The molecule has 0 fully saturated rings. The molecule has 0 saturated heterocycles. The van der Waals surface area contributed by atoms with E-state index in [4.69, 9.17) is 0 Å². The molecule has 2 rings (SSSR count). The number of rotatable bonds is 2. The lowest BCUT2D eigenvalue weighted by molar-refractivity contribution is 1.34. The Morgan fingerprint density at radius 1 is 1.31 bits per heavy atom. The van der Waals surface area contributed by atoms with Gasteiger partial charge in [0.25, 0.3) is 0 Å². The minimum absolute atomic E-state index is 0.278. The topological polar surface area (TPSA) is 24.9 Å². The summed E-state index contributed by atoms with van der Waals surface area (Å²) < 4.78 is 1.22. The summed E-state index contributed by atoms with van der Waals surface area (Å²) >= 11 is 1.68. The van der Waals surface area contributed by atoms with Crippen LogP contribution in [-0.2, 0) is 0 Å². The third-order valence-electron chi connectivity index (χ3n) is 1.58. The van der Waals surface area contributed by atoms with Gasteiger partial charge in [-0.2, -0.15) is 0 Å². The number of fused-ring (bicyclic) bond motifs is 1. The van der Waals surface area contributed by atoms with Gasteiger partial charge >= 0.3 is 0 Å². The largest absolute Gasteiger partial charge is 0.352 e. The Labute approximate surface area is 85.5 Å². The third kappa shape index (κ3) is 2.17. The Morgan fingerprint density at radius 2 is 2.08 bits per heavy atom. The number of benzene rings is 1. The Balaban J connectivity index is 2.38. The number of aromatic nitrogens is 1. The van der Waals surface area contributed by atoms with Crippen LogP contribution in [0.3, 0.4) is 0 Å². The average molecular weight is 228 g/mol. The van der Waals surface area contributed by atoms with Crippen molar-refractivity contribution in [2.75, 3.05) is 5.32 Å².